The number of hydrogen-bond acceptors (Lipinski definition) is 13. The van der Waals surface area contributed by atoms with Crippen molar-refractivity contribution in [1.82, 2.24) is 57.2 Å². The van der Waals surface area contributed by atoms with Crippen molar-refractivity contribution < 1.29 is 43.9 Å². The van der Waals surface area contributed by atoms with E-state index >= 15 is 0 Å². The monoisotopic (exact) mass is 1670 g/mol. The predicted molar refractivity (Wildman–Crippen MR) is 479 cm³/mol. The average Bonchev–Trinajstić information content (AvgIpc) is 1.50. The van der Waals surface area contributed by atoms with Gasteiger partial charge in [-0.3, -0.25) is 34.5 Å². The van der Waals surface area contributed by atoms with Crippen LogP contribution in [0.1, 0.15) is 124 Å². The number of aldehydes is 1. The van der Waals surface area contributed by atoms with Crippen LogP contribution in [-0.2, 0) is 13.1 Å². The van der Waals surface area contributed by atoms with Crippen LogP contribution in [0.5, 0.6) is 0 Å². The van der Waals surface area contributed by atoms with Crippen molar-refractivity contribution in [2.24, 2.45) is 84.5 Å². The number of hydrogen-bond donors (Lipinski definition) is 11. The van der Waals surface area contributed by atoms with Crippen molar-refractivity contribution in [3.05, 3.63) is 190 Å². The number of aliphatic imine (C=N–C) groups is 4. The van der Waals surface area contributed by atoms with Crippen LogP contribution in [0.3, 0.4) is 0 Å². The largest absolute Gasteiger partial charge is 1.00 e. The molecule has 0 saturated heterocycles. The number of urea groups is 1. The van der Waals surface area contributed by atoms with Crippen LogP contribution in [0.4, 0.5) is 21.0 Å². The number of amides is 3. The van der Waals surface area contributed by atoms with Crippen molar-refractivity contribution in [1.29, 1.82) is 5.26 Å². The maximum absolute atomic E-state index is 13.5. The van der Waals surface area contributed by atoms with Crippen molar-refractivity contribution in [3.63, 3.8) is 0 Å². The van der Waals surface area contributed by atoms with Crippen LogP contribution in [0.2, 0.25) is 15.1 Å². The summed E-state index contributed by atoms with van der Waals surface area (Å²) in [6.45, 7) is 13.7. The van der Waals surface area contributed by atoms with Gasteiger partial charge < -0.3 is 81.4 Å². The molecule has 4 aliphatic rings. The number of nitrogens with zero attached hydrogens (tertiary/aromatic N) is 10. The number of nitrogens with one attached hydrogen (secondary N) is 8. The standard InChI is InChI=1S/C26H36ClN5O.C18H29ClN4.C11H24N4.C8H8ClNO.C8H18N2.C7H5ClO.C6H10N4.CN.B.Na/c1-28-25(29-2)30-17-20-9-11-21(12-10-20)18-32(19-22-13-15-23(27)16-14-22)26(33)31(3)24-7-5-4-6-8-24;1-20-18(21-2)23-13-16-5-3-14(4-6-16)11-22-12-15-7-9-17(19)10-8-15;1-13-11(14-2)15-8-10-5-3-9(7-12)4-6-10;1-10(8(9)11)7-5-3-2-4-6-7;9-5-7-1-2-8(6-10)4-3-7;8-7-3-1-6(5-9)2-4-7;1-7-6(8-2)10-5-3-4-9-10;1-2;;/h4-8,13-16,20-21H,9-12,17-19H2,1-3H3,(H2,28,29,30);7-10,14,16,22H,3-6,11-13H2,1-2H3,(H2,20,21,23);9-10H,3-8,12H2,1-2H3,(H2,13,14,15);2-6H,1H3;7-8H,1-6,9-10H2;1-5H;3-5H,1-2H3,(H,7,8);;;/q;;;;;;;-1;;+1. The van der Waals surface area contributed by atoms with Gasteiger partial charge in [0.15, 0.2) is 17.9 Å². The second kappa shape index (κ2) is 64.6. The molecule has 3 amide bonds. The van der Waals surface area contributed by atoms with Gasteiger partial charge in [0, 0.05) is 163 Å². The number of carbonyl (C=O) groups is 3. The minimum atomic E-state index is -0.476. The molecule has 4 saturated carbocycles. The maximum Gasteiger partial charge on any atom is 1.00 e. The van der Waals surface area contributed by atoms with E-state index in [1.807, 2.05) is 157 Å². The number of aromatic nitrogens is 2. The number of carbonyl (C=O) groups excluding carboxylic acids is 3. The number of anilines is 2. The zero-order valence-corrected chi connectivity index (χ0v) is 75.1. The topological polar surface area (TPSA) is 326 Å². The Labute approximate surface area is 731 Å². The maximum atomic E-state index is 13.5. The van der Waals surface area contributed by atoms with Crippen LogP contribution in [0.15, 0.2) is 172 Å². The van der Waals surface area contributed by atoms with E-state index in [0.29, 0.717) is 34.0 Å². The van der Waals surface area contributed by atoms with Gasteiger partial charge in [-0.1, -0.05) is 108 Å². The molecule has 14 N–H and O–H groups in total. The molecule has 0 spiro atoms. The first-order chi connectivity index (χ1) is 54.8. The molecule has 4 fully saturated rings. The molecule has 0 aliphatic heterocycles. The molecule has 1 heterocycles. The molecular formula is C85H130BCl4N21NaO3. The Kier molecular flexibility index (Phi) is 59.3. The fourth-order valence-corrected chi connectivity index (χ4v) is 14.0. The summed E-state index contributed by atoms with van der Waals surface area (Å²) in [5.74, 6) is 9.21. The number of para-hydroxylation sites is 2. The molecule has 6 aromatic rings. The Balaban J connectivity index is 0.000000706. The van der Waals surface area contributed by atoms with Crippen LogP contribution >= 0.6 is 46.4 Å². The summed E-state index contributed by atoms with van der Waals surface area (Å²) in [5.41, 5.74) is 21.5. The number of rotatable bonds is 20. The molecule has 3 radical (unpaired) electrons. The molecule has 0 bridgehead atoms. The molecule has 625 valence electrons. The summed E-state index contributed by atoms with van der Waals surface area (Å²) in [5, 5.41) is 37.7. The summed E-state index contributed by atoms with van der Waals surface area (Å²) in [6.07, 6.45) is 24.6. The van der Waals surface area contributed by atoms with E-state index in [1.54, 1.807) is 68.2 Å². The van der Waals surface area contributed by atoms with Gasteiger partial charge in [0.25, 0.3) is 0 Å². The normalized spacial score (nSPS) is 18.9. The van der Waals surface area contributed by atoms with Gasteiger partial charge in [-0.05, 0) is 266 Å². The third-order valence-electron chi connectivity index (χ3n) is 20.6. The average molecular weight is 1670 g/mol. The Morgan fingerprint density at radius 1 is 0.496 bits per heavy atom. The molecule has 24 nitrogen and oxygen atoms in total. The van der Waals surface area contributed by atoms with Crippen molar-refractivity contribution in [2.45, 2.75) is 116 Å². The van der Waals surface area contributed by atoms with E-state index in [1.165, 1.54) is 87.5 Å². The van der Waals surface area contributed by atoms with E-state index in [9.17, 15) is 14.4 Å². The second-order valence-electron chi connectivity index (χ2n) is 28.4. The minimum Gasteiger partial charge on any atom is -0.512 e. The number of halogens is 4. The molecule has 30 heteroatoms. The van der Waals surface area contributed by atoms with Crippen LogP contribution in [-0.4, -0.2) is 187 Å². The molecule has 4 aliphatic carbocycles. The van der Waals surface area contributed by atoms with Gasteiger partial charge in [-0.25, -0.2) is 9.48 Å². The Bertz CT molecular complexity index is 3590. The van der Waals surface area contributed by atoms with Crippen LogP contribution < -0.4 is 99.1 Å². The van der Waals surface area contributed by atoms with Crippen molar-refractivity contribution in [2.75, 3.05) is 133 Å². The molecule has 115 heavy (non-hydrogen) atoms. The zero-order valence-electron chi connectivity index (χ0n) is 70.0. The molecule has 1 aromatic heterocycles. The number of benzene rings is 5. The van der Waals surface area contributed by atoms with Crippen molar-refractivity contribution >= 4 is 108 Å². The van der Waals surface area contributed by atoms with Gasteiger partial charge >= 0.3 is 41.0 Å². The van der Waals surface area contributed by atoms with E-state index < -0.39 is 5.37 Å². The SMILES string of the molecule is CN(C(=O)Cl)c1ccccc1.CN=C(NC)NCC1CCC(CN(Cc2ccc(Cl)cc2)C(=O)N(C)c2ccccc2)CC1.CN=C(NC)NCC1CCC(CN)CC1.CN=C(NC)NCC1CCC(CNCc2ccc(Cl)cc2)CC1.CN=C(NC)n1cccn1.NCC1CCC(CN)CC1.O=Cc1ccc(Cl)cc1.[B].[C-]#N.[Na+]. The summed E-state index contributed by atoms with van der Waals surface area (Å²) in [7, 11) is 18.1. The Morgan fingerprint density at radius 2 is 0.843 bits per heavy atom. The van der Waals surface area contributed by atoms with Crippen LogP contribution in [0, 0.1) is 59.2 Å². The smallest absolute Gasteiger partial charge is 0.512 e. The predicted octanol–water partition coefficient (Wildman–Crippen LogP) is 10.6. The first kappa shape index (κ1) is 106. The van der Waals surface area contributed by atoms with E-state index in [4.69, 9.17) is 75.4 Å². The van der Waals surface area contributed by atoms with Gasteiger partial charge in [0.1, 0.15) is 6.29 Å². The van der Waals surface area contributed by atoms with E-state index in [2.05, 4.69) is 79.7 Å². The van der Waals surface area contributed by atoms with Gasteiger partial charge in [0.2, 0.25) is 5.96 Å². The fourth-order valence-electron chi connectivity index (χ4n) is 13.5. The number of guanidine groups is 3. The van der Waals surface area contributed by atoms with Crippen molar-refractivity contribution in [3.8, 4) is 0 Å². The summed E-state index contributed by atoms with van der Waals surface area (Å²) in [6, 6.07) is 43.5. The summed E-state index contributed by atoms with van der Waals surface area (Å²) in [4.78, 5) is 55.7. The first-order valence-corrected chi connectivity index (χ1v) is 40.9. The van der Waals surface area contributed by atoms with Gasteiger partial charge in [0.05, 0.1) is 0 Å². The van der Waals surface area contributed by atoms with E-state index in [-0.39, 0.29) is 44.0 Å². The second-order valence-corrected chi connectivity index (χ2v) is 30.0. The molecule has 5 aromatic carbocycles. The third kappa shape index (κ3) is 44.1. The quantitative estimate of drug-likeness (QED) is 0.00644. The number of nitrogens with two attached hydrogens (primary N) is 3. The molecule has 0 unspecified atom stereocenters. The van der Waals surface area contributed by atoms with Crippen LogP contribution in [0.25, 0.3) is 0 Å². The Morgan fingerprint density at radius 3 is 1.17 bits per heavy atom. The summed E-state index contributed by atoms with van der Waals surface area (Å²) < 4.78 is 1.67. The minimum absolute atomic E-state index is 0. The van der Waals surface area contributed by atoms with Gasteiger partial charge in [-0.15, -0.1) is 0 Å². The molecule has 0 atom stereocenters. The molecular weight excluding hydrogens is 1540 g/mol. The first-order valence-electron chi connectivity index (χ1n) is 39.4. The third-order valence-corrected chi connectivity index (χ3v) is 21.6. The zero-order chi connectivity index (χ0) is 83.0. The van der Waals surface area contributed by atoms with Gasteiger partial charge in [-0.2, -0.15) is 5.10 Å². The van der Waals surface area contributed by atoms with E-state index in [0.717, 1.165) is 172 Å². The molecule has 10 rings (SSSR count). The fraction of sp³-hybridized carbons (Fsp3) is 0.518. The summed E-state index contributed by atoms with van der Waals surface area (Å²) >= 11 is 22.8. The Hall–Kier alpha value is -7.45.